The summed E-state index contributed by atoms with van der Waals surface area (Å²) in [4.78, 5) is 11.5. The summed E-state index contributed by atoms with van der Waals surface area (Å²) in [7, 11) is 3.53. The standard InChI is InChI=1S/C10H19BN2O2/c1-5-15-9(14)8(2)11-10-12(3)6-7-13(10)4/h6-8H,5,11H2,1-4H3/t8-/m1/s1. The van der Waals surface area contributed by atoms with Gasteiger partial charge in [0, 0.05) is 0 Å². The summed E-state index contributed by atoms with van der Waals surface area (Å²) >= 11 is 0. The van der Waals surface area contributed by atoms with Gasteiger partial charge in [-0.05, 0) is 6.92 Å². The highest BCUT2D eigenvalue weighted by molar-refractivity contribution is 6.56. The number of carbonyl (C=O) groups excluding carboxylic acids is 1. The molecule has 0 aromatic carbocycles. The fourth-order valence-electron chi connectivity index (χ4n) is 1.89. The summed E-state index contributed by atoms with van der Waals surface area (Å²) in [6, 6.07) is 0. The molecule has 0 aliphatic heterocycles. The van der Waals surface area contributed by atoms with Crippen molar-refractivity contribution in [1.29, 1.82) is 0 Å². The first-order valence-corrected chi connectivity index (χ1v) is 5.54. The minimum Gasteiger partial charge on any atom is -0.468 e. The maximum absolute atomic E-state index is 11.5. The average molecular weight is 210 g/mol. The van der Waals surface area contributed by atoms with Crippen molar-refractivity contribution in [3.8, 4) is 0 Å². The first-order chi connectivity index (χ1) is 7.06. The van der Waals surface area contributed by atoms with Crippen LogP contribution in [-0.4, -0.2) is 24.4 Å². The van der Waals surface area contributed by atoms with Crippen LogP contribution in [0.4, 0.5) is 0 Å². The van der Waals surface area contributed by atoms with Gasteiger partial charge < -0.3 is 4.74 Å². The number of imidazole rings is 1. The Kier molecular flexibility index (Phi) is 3.94. The molecule has 0 bridgehead atoms. The van der Waals surface area contributed by atoms with E-state index in [1.165, 1.54) is 5.72 Å². The Balaban J connectivity index is 2.66. The van der Waals surface area contributed by atoms with E-state index < -0.39 is 7.28 Å². The monoisotopic (exact) mass is 210 g/mol. The highest BCUT2D eigenvalue weighted by Gasteiger charge is 2.15. The van der Waals surface area contributed by atoms with Crippen LogP contribution in [0.15, 0.2) is 12.4 Å². The van der Waals surface area contributed by atoms with E-state index in [-0.39, 0.29) is 11.8 Å². The Labute approximate surface area is 91.1 Å². The van der Waals surface area contributed by atoms with Gasteiger partial charge in [0.1, 0.15) is 19.7 Å². The summed E-state index contributed by atoms with van der Waals surface area (Å²) in [6.45, 7) is 4.26. The normalized spacial score (nSPS) is 12.5. The molecule has 0 saturated carbocycles. The molecule has 0 spiro atoms. The van der Waals surface area contributed by atoms with Crippen LogP contribution in [0.25, 0.3) is 0 Å². The van der Waals surface area contributed by atoms with Crippen LogP contribution in [0.5, 0.6) is 0 Å². The van der Waals surface area contributed by atoms with Crippen molar-refractivity contribution in [1.82, 2.24) is 4.57 Å². The van der Waals surface area contributed by atoms with Gasteiger partial charge in [0.25, 0.3) is 5.97 Å². The van der Waals surface area contributed by atoms with E-state index in [1.54, 1.807) is 0 Å². The van der Waals surface area contributed by atoms with E-state index in [0.717, 1.165) is 0 Å². The first-order valence-electron chi connectivity index (χ1n) is 5.54. The molecule has 15 heavy (non-hydrogen) atoms. The molecule has 1 aromatic heterocycles. The lowest BCUT2D eigenvalue weighted by atomic mass is 9.64. The topological polar surface area (TPSA) is 35.1 Å². The lowest BCUT2D eigenvalue weighted by Gasteiger charge is -2.13. The van der Waals surface area contributed by atoms with Crippen LogP contribution in [0.3, 0.4) is 0 Å². The summed E-state index contributed by atoms with van der Waals surface area (Å²) < 4.78 is 9.16. The zero-order chi connectivity index (χ0) is 11.4. The summed E-state index contributed by atoms with van der Waals surface area (Å²) in [5, 5.41) is 0. The average Bonchev–Trinajstić information content (AvgIpc) is 2.49. The van der Waals surface area contributed by atoms with Crippen molar-refractivity contribution in [3.63, 3.8) is 0 Å². The molecule has 0 unspecified atom stereocenters. The van der Waals surface area contributed by atoms with Crippen molar-refractivity contribution < 1.29 is 14.1 Å². The Morgan fingerprint density at radius 2 is 2.40 bits per heavy atom. The number of esters is 1. The quantitative estimate of drug-likeness (QED) is 0.363. The number of hydrogen-bond acceptors (Lipinski definition) is 2. The zero-order valence-electron chi connectivity index (χ0n) is 10.2. The molecule has 1 aromatic rings. The third kappa shape index (κ3) is 2.84. The van der Waals surface area contributed by atoms with Gasteiger partial charge >= 0.3 is 0 Å². The highest BCUT2D eigenvalue weighted by atomic mass is 16.5. The Morgan fingerprint density at radius 3 is 2.87 bits per heavy atom. The van der Waals surface area contributed by atoms with Gasteiger partial charge in [-0.25, -0.2) is 0 Å². The second kappa shape index (κ2) is 5.00. The third-order valence-corrected chi connectivity index (χ3v) is 2.98. The number of aromatic nitrogens is 2. The summed E-state index contributed by atoms with van der Waals surface area (Å²) in [5.41, 5.74) is 1.25. The smallest absolute Gasteiger partial charge is 0.273 e. The van der Waals surface area contributed by atoms with Crippen LogP contribution < -0.4 is 10.3 Å². The number of carbonyl (C=O) groups is 1. The van der Waals surface area contributed by atoms with Gasteiger partial charge in [0.2, 0.25) is 0 Å². The van der Waals surface area contributed by atoms with Crippen LogP contribution in [0.2, 0.25) is 5.82 Å². The number of ether oxygens (including phenoxy) is 1. The van der Waals surface area contributed by atoms with Crippen molar-refractivity contribution in [2.24, 2.45) is 14.1 Å². The summed E-state index contributed by atoms with van der Waals surface area (Å²) in [5.74, 6) is -0.0385. The molecule has 4 nitrogen and oxygen atoms in total. The van der Waals surface area contributed by atoms with E-state index in [1.807, 2.05) is 40.3 Å². The number of aryl methyl sites for hydroxylation is 2. The van der Waals surface area contributed by atoms with Crippen molar-refractivity contribution >= 4 is 19.0 Å². The minimum atomic E-state index is -0.486. The predicted octanol–water partition coefficient (Wildman–Crippen LogP) is -0.985. The number of rotatable bonds is 4. The Bertz CT molecular complexity index is 330. The molecule has 1 rings (SSSR count). The molecule has 5 heteroatoms. The van der Waals surface area contributed by atoms with E-state index >= 15 is 0 Å². The maximum atomic E-state index is 11.5. The molecule has 0 radical (unpaired) electrons. The van der Waals surface area contributed by atoms with E-state index in [9.17, 15) is 4.79 Å². The van der Waals surface area contributed by atoms with Crippen molar-refractivity contribution in [2.75, 3.05) is 6.61 Å². The fraction of sp³-hybridized carbons (Fsp3) is 0.600. The summed E-state index contributed by atoms with van der Waals surface area (Å²) in [6.07, 6.45) is 4.02. The van der Waals surface area contributed by atoms with Gasteiger partial charge in [0.05, 0.1) is 26.4 Å². The fourth-order valence-corrected chi connectivity index (χ4v) is 1.89. The largest absolute Gasteiger partial charge is 0.468 e. The van der Waals surface area contributed by atoms with Crippen LogP contribution in [0, 0.1) is 0 Å². The van der Waals surface area contributed by atoms with Gasteiger partial charge in [-0.1, -0.05) is 12.7 Å². The lowest BCUT2D eigenvalue weighted by Crippen LogP contribution is -2.51. The molecule has 1 heterocycles. The van der Waals surface area contributed by atoms with Crippen molar-refractivity contribution in [2.45, 2.75) is 19.7 Å². The van der Waals surface area contributed by atoms with Crippen LogP contribution in [-0.2, 0) is 23.6 Å². The van der Waals surface area contributed by atoms with Gasteiger partial charge in [-0.15, -0.1) is 0 Å². The molecule has 0 fully saturated rings. The Hall–Kier alpha value is -1.26. The number of hydrogen-bond donors (Lipinski definition) is 0. The molecular weight excluding hydrogens is 191 g/mol. The van der Waals surface area contributed by atoms with Crippen LogP contribution in [0.1, 0.15) is 13.8 Å². The Morgan fingerprint density at radius 1 is 1.73 bits per heavy atom. The highest BCUT2D eigenvalue weighted by Crippen LogP contribution is 2.02. The second-order valence-corrected chi connectivity index (χ2v) is 4.26. The second-order valence-electron chi connectivity index (χ2n) is 4.26. The van der Waals surface area contributed by atoms with E-state index in [4.69, 9.17) is 4.74 Å². The molecule has 84 valence electrons. The van der Waals surface area contributed by atoms with Gasteiger partial charge in [-0.3, -0.25) is 13.9 Å². The van der Waals surface area contributed by atoms with E-state index in [2.05, 4.69) is 9.13 Å². The molecular formula is C10H19BN2O2. The first kappa shape index (κ1) is 11.8. The molecule has 1 atom stereocenters. The maximum Gasteiger partial charge on any atom is 0.273 e. The predicted molar refractivity (Wildman–Crippen MR) is 60.8 cm³/mol. The molecule has 0 aliphatic rings. The minimum absolute atomic E-state index is 0.0322. The molecule has 0 saturated heterocycles. The van der Waals surface area contributed by atoms with Gasteiger partial charge in [-0.2, -0.15) is 0 Å². The third-order valence-electron chi connectivity index (χ3n) is 2.98. The zero-order valence-corrected chi connectivity index (χ0v) is 10.2. The SMILES string of the molecule is CCOC(=O)[C@@H](C)[BH2-]c1n(C)cc[n+]1C. The van der Waals surface area contributed by atoms with Crippen LogP contribution >= 0.6 is 0 Å². The van der Waals surface area contributed by atoms with E-state index in [0.29, 0.717) is 6.61 Å². The molecule has 0 amide bonds. The van der Waals surface area contributed by atoms with Crippen molar-refractivity contribution in [3.05, 3.63) is 12.4 Å². The lowest BCUT2D eigenvalue weighted by molar-refractivity contribution is -0.653. The molecule has 0 N–H and O–H groups in total. The van der Waals surface area contributed by atoms with Gasteiger partial charge in [0.15, 0.2) is 0 Å². The number of nitrogens with zero attached hydrogens (tertiary/aromatic N) is 2. The molecule has 0 aliphatic carbocycles.